The molecule has 2 heterocycles. The summed E-state index contributed by atoms with van der Waals surface area (Å²) in [5.41, 5.74) is 1.39. The molecule has 1 atom stereocenters. The number of carbonyl (C=O) groups is 1. The van der Waals surface area contributed by atoms with Crippen molar-refractivity contribution in [2.75, 3.05) is 20.2 Å². The fraction of sp³-hybridized carbons (Fsp3) is 0.667. The van der Waals surface area contributed by atoms with Crippen LogP contribution in [0.25, 0.3) is 0 Å². The number of hydrogen-bond donors (Lipinski definition) is 0. The van der Waals surface area contributed by atoms with Crippen LogP contribution in [0.4, 0.5) is 0 Å². The molecule has 0 bridgehead atoms. The Morgan fingerprint density at radius 3 is 3.00 bits per heavy atom. The minimum Gasteiger partial charge on any atom is -0.469 e. The van der Waals surface area contributed by atoms with Crippen molar-refractivity contribution in [3.63, 3.8) is 0 Å². The summed E-state index contributed by atoms with van der Waals surface area (Å²) in [4.78, 5) is 13.7. The van der Waals surface area contributed by atoms with Crippen LogP contribution >= 0.6 is 0 Å². The predicted molar refractivity (Wildman–Crippen MR) is 74.8 cm³/mol. The van der Waals surface area contributed by atoms with Crippen molar-refractivity contribution in [1.82, 2.24) is 9.47 Å². The minimum absolute atomic E-state index is 0.104. The Hall–Kier alpha value is -1.29. The summed E-state index contributed by atoms with van der Waals surface area (Å²) in [6, 6.07) is 4.83. The molecule has 0 spiro atoms. The van der Waals surface area contributed by atoms with Gasteiger partial charge < -0.3 is 9.30 Å². The Labute approximate surface area is 115 Å². The smallest absolute Gasteiger partial charge is 0.305 e. The van der Waals surface area contributed by atoms with E-state index in [-0.39, 0.29) is 5.97 Å². The summed E-state index contributed by atoms with van der Waals surface area (Å²) in [7, 11) is 3.56. The van der Waals surface area contributed by atoms with Crippen molar-refractivity contribution in [2.45, 2.75) is 38.1 Å². The number of hydrogen-bond acceptors (Lipinski definition) is 3. The van der Waals surface area contributed by atoms with Crippen LogP contribution in [0.2, 0.25) is 0 Å². The molecule has 1 aromatic heterocycles. The Bertz CT molecular complexity index is 414. The van der Waals surface area contributed by atoms with E-state index in [4.69, 9.17) is 4.74 Å². The Morgan fingerprint density at radius 2 is 2.32 bits per heavy atom. The van der Waals surface area contributed by atoms with Crippen LogP contribution in [-0.4, -0.2) is 35.6 Å². The van der Waals surface area contributed by atoms with Crippen LogP contribution in [0.1, 0.15) is 43.8 Å². The minimum atomic E-state index is -0.104. The van der Waals surface area contributed by atoms with E-state index in [1.807, 2.05) is 0 Å². The summed E-state index contributed by atoms with van der Waals surface area (Å²) in [5, 5.41) is 0. The lowest BCUT2D eigenvalue weighted by atomic mass is 9.99. The van der Waals surface area contributed by atoms with Gasteiger partial charge in [0.15, 0.2) is 0 Å². The molecule has 0 aliphatic carbocycles. The zero-order chi connectivity index (χ0) is 13.7. The molecule has 4 heteroatoms. The molecule has 1 fully saturated rings. The van der Waals surface area contributed by atoms with Crippen molar-refractivity contribution in [3.05, 3.63) is 24.0 Å². The van der Waals surface area contributed by atoms with Crippen LogP contribution in [0.3, 0.4) is 0 Å². The summed E-state index contributed by atoms with van der Waals surface area (Å²) in [5.74, 6) is -0.104. The summed E-state index contributed by atoms with van der Waals surface area (Å²) in [6.45, 7) is 2.11. The first-order chi connectivity index (χ1) is 9.22. The van der Waals surface area contributed by atoms with Gasteiger partial charge in [-0.1, -0.05) is 6.42 Å². The van der Waals surface area contributed by atoms with Gasteiger partial charge in [-0.25, -0.2) is 0 Å². The lowest BCUT2D eigenvalue weighted by Crippen LogP contribution is -2.35. The van der Waals surface area contributed by atoms with E-state index in [1.54, 1.807) is 0 Å². The number of methoxy groups -OCH3 is 1. The highest BCUT2D eigenvalue weighted by Gasteiger charge is 2.25. The van der Waals surface area contributed by atoms with E-state index in [2.05, 4.69) is 34.8 Å². The molecular weight excluding hydrogens is 240 g/mol. The number of esters is 1. The average molecular weight is 264 g/mol. The Balaban J connectivity index is 1.93. The third-order valence-corrected chi connectivity index (χ3v) is 3.99. The maximum absolute atomic E-state index is 11.2. The van der Waals surface area contributed by atoms with Crippen LogP contribution in [-0.2, 0) is 16.6 Å². The lowest BCUT2D eigenvalue weighted by Gasteiger charge is -2.36. The molecule has 1 aromatic rings. The molecule has 2 rings (SSSR count). The molecule has 0 radical (unpaired) electrons. The second-order valence-corrected chi connectivity index (χ2v) is 5.27. The third-order valence-electron chi connectivity index (χ3n) is 3.99. The normalized spacial score (nSPS) is 20.4. The molecule has 1 saturated heterocycles. The van der Waals surface area contributed by atoms with Crippen molar-refractivity contribution in [2.24, 2.45) is 7.05 Å². The first kappa shape index (κ1) is 14.1. The second kappa shape index (κ2) is 6.75. The number of carbonyl (C=O) groups excluding carboxylic acids is 1. The second-order valence-electron chi connectivity index (χ2n) is 5.27. The molecule has 1 aliphatic heterocycles. The Kier molecular flexibility index (Phi) is 5.02. The van der Waals surface area contributed by atoms with Gasteiger partial charge in [0.25, 0.3) is 0 Å². The number of aromatic nitrogens is 1. The topological polar surface area (TPSA) is 34.5 Å². The molecule has 1 unspecified atom stereocenters. The zero-order valence-corrected chi connectivity index (χ0v) is 12.0. The van der Waals surface area contributed by atoms with Gasteiger partial charge in [0.2, 0.25) is 0 Å². The number of rotatable bonds is 5. The molecule has 0 N–H and O–H groups in total. The van der Waals surface area contributed by atoms with Crippen LogP contribution in [0.15, 0.2) is 18.3 Å². The van der Waals surface area contributed by atoms with Gasteiger partial charge in [-0.15, -0.1) is 0 Å². The monoisotopic (exact) mass is 264 g/mol. The average Bonchev–Trinajstić information content (AvgIpc) is 2.85. The molecule has 1 aliphatic rings. The van der Waals surface area contributed by atoms with Gasteiger partial charge in [0.05, 0.1) is 7.11 Å². The molecule has 4 nitrogen and oxygen atoms in total. The third kappa shape index (κ3) is 3.60. The highest BCUT2D eigenvalue weighted by atomic mass is 16.5. The molecule has 0 saturated carbocycles. The quantitative estimate of drug-likeness (QED) is 0.766. The summed E-state index contributed by atoms with van der Waals surface area (Å²) >= 11 is 0. The van der Waals surface area contributed by atoms with E-state index in [0.29, 0.717) is 12.5 Å². The standard InChI is InChI=1S/C15H24N2O2/c1-16-10-5-8-13(16)14-7-3-4-11-17(14)12-6-9-15(18)19-2/h5,8,10,14H,3-4,6-7,9,11-12H2,1-2H3. The largest absolute Gasteiger partial charge is 0.469 e. The summed E-state index contributed by atoms with van der Waals surface area (Å²) in [6.07, 6.45) is 7.29. The first-order valence-electron chi connectivity index (χ1n) is 7.14. The van der Waals surface area contributed by atoms with E-state index in [1.165, 1.54) is 32.1 Å². The number of piperidine rings is 1. The van der Waals surface area contributed by atoms with Crippen molar-refractivity contribution < 1.29 is 9.53 Å². The number of likely N-dealkylation sites (tertiary alicyclic amines) is 1. The lowest BCUT2D eigenvalue weighted by molar-refractivity contribution is -0.140. The van der Waals surface area contributed by atoms with Crippen LogP contribution < -0.4 is 0 Å². The van der Waals surface area contributed by atoms with Gasteiger partial charge in [0.1, 0.15) is 0 Å². The SMILES string of the molecule is COC(=O)CCCN1CCCCC1c1cccn1C. The summed E-state index contributed by atoms with van der Waals surface area (Å²) < 4.78 is 6.91. The van der Waals surface area contributed by atoms with Crippen LogP contribution in [0, 0.1) is 0 Å². The number of ether oxygens (including phenoxy) is 1. The van der Waals surface area contributed by atoms with E-state index in [0.717, 1.165) is 19.5 Å². The van der Waals surface area contributed by atoms with Crippen molar-refractivity contribution in [1.29, 1.82) is 0 Å². The molecule has 106 valence electrons. The van der Waals surface area contributed by atoms with Gasteiger partial charge in [-0.2, -0.15) is 0 Å². The molecule has 0 aromatic carbocycles. The van der Waals surface area contributed by atoms with Gasteiger partial charge in [0, 0.05) is 31.4 Å². The first-order valence-corrected chi connectivity index (χ1v) is 7.14. The Morgan fingerprint density at radius 1 is 1.47 bits per heavy atom. The fourth-order valence-corrected chi connectivity index (χ4v) is 2.94. The van der Waals surface area contributed by atoms with Gasteiger partial charge in [-0.05, 0) is 44.5 Å². The van der Waals surface area contributed by atoms with Gasteiger partial charge >= 0.3 is 5.97 Å². The number of nitrogens with zero attached hydrogens (tertiary/aromatic N) is 2. The van der Waals surface area contributed by atoms with Crippen LogP contribution in [0.5, 0.6) is 0 Å². The zero-order valence-electron chi connectivity index (χ0n) is 12.0. The number of aryl methyl sites for hydroxylation is 1. The predicted octanol–water partition coefficient (Wildman–Crippen LogP) is 2.51. The van der Waals surface area contributed by atoms with Crippen molar-refractivity contribution >= 4 is 5.97 Å². The molecule has 19 heavy (non-hydrogen) atoms. The van der Waals surface area contributed by atoms with Gasteiger partial charge in [-0.3, -0.25) is 9.69 Å². The molecular formula is C15H24N2O2. The molecule has 0 amide bonds. The van der Waals surface area contributed by atoms with E-state index >= 15 is 0 Å². The highest BCUT2D eigenvalue weighted by Crippen LogP contribution is 2.30. The van der Waals surface area contributed by atoms with E-state index in [9.17, 15) is 4.79 Å². The maximum Gasteiger partial charge on any atom is 0.305 e. The fourth-order valence-electron chi connectivity index (χ4n) is 2.94. The van der Waals surface area contributed by atoms with E-state index < -0.39 is 0 Å². The maximum atomic E-state index is 11.2. The highest BCUT2D eigenvalue weighted by molar-refractivity contribution is 5.69. The van der Waals surface area contributed by atoms with Crippen molar-refractivity contribution in [3.8, 4) is 0 Å².